The Balaban J connectivity index is 1.92. The molecule has 0 N–H and O–H groups in total. The summed E-state index contributed by atoms with van der Waals surface area (Å²) in [4.78, 5) is 29.1. The summed E-state index contributed by atoms with van der Waals surface area (Å²) in [5, 5.41) is 15.5. The highest BCUT2D eigenvalue weighted by atomic mass is 35.5. The zero-order valence-electron chi connectivity index (χ0n) is 14.4. The predicted molar refractivity (Wildman–Crippen MR) is 96.4 cm³/mol. The first-order valence-corrected chi connectivity index (χ1v) is 8.16. The first-order valence-electron chi connectivity index (χ1n) is 7.78. The Morgan fingerprint density at radius 2 is 2.08 bits per heavy atom. The average molecular weight is 374 g/mol. The van der Waals surface area contributed by atoms with Gasteiger partial charge in [-0.2, -0.15) is 5.10 Å². The summed E-state index contributed by atoms with van der Waals surface area (Å²) in [6.07, 6.45) is 1.47. The van der Waals surface area contributed by atoms with Crippen molar-refractivity contribution in [2.75, 3.05) is 7.05 Å². The number of nitrogens with zero attached hydrogens (tertiary/aromatic N) is 5. The van der Waals surface area contributed by atoms with E-state index in [4.69, 9.17) is 11.6 Å². The van der Waals surface area contributed by atoms with Gasteiger partial charge in [0.05, 0.1) is 11.1 Å². The molecule has 0 spiro atoms. The van der Waals surface area contributed by atoms with E-state index < -0.39 is 4.92 Å². The molecule has 1 amide bonds. The van der Waals surface area contributed by atoms with Gasteiger partial charge in [-0.15, -0.1) is 0 Å². The van der Waals surface area contributed by atoms with E-state index in [9.17, 15) is 14.9 Å². The zero-order chi connectivity index (χ0) is 19.0. The fourth-order valence-electron chi connectivity index (χ4n) is 2.75. The number of carbonyl (C=O) groups is 1. The number of aromatic nitrogens is 3. The molecule has 3 aromatic rings. The molecule has 0 unspecified atom stereocenters. The van der Waals surface area contributed by atoms with E-state index in [0.29, 0.717) is 21.8 Å². The molecule has 0 radical (unpaired) electrons. The number of hydrogen-bond acceptors (Lipinski definition) is 5. The maximum Gasteiger partial charge on any atom is 0.269 e. The van der Waals surface area contributed by atoms with Crippen LogP contribution in [0.3, 0.4) is 0 Å². The highest BCUT2D eigenvalue weighted by Gasteiger charge is 2.20. The van der Waals surface area contributed by atoms with Gasteiger partial charge in [0.15, 0.2) is 5.65 Å². The van der Waals surface area contributed by atoms with E-state index in [1.165, 1.54) is 29.3 Å². The lowest BCUT2D eigenvalue weighted by Crippen LogP contribution is -2.26. The van der Waals surface area contributed by atoms with Crippen molar-refractivity contribution in [2.45, 2.75) is 20.4 Å². The Kier molecular flexibility index (Phi) is 4.60. The number of nitro benzene ring substituents is 1. The molecule has 1 aromatic carbocycles. The molecule has 2 aromatic heterocycles. The summed E-state index contributed by atoms with van der Waals surface area (Å²) in [6.45, 7) is 3.86. The molecule has 26 heavy (non-hydrogen) atoms. The van der Waals surface area contributed by atoms with E-state index in [2.05, 4.69) is 10.1 Å². The van der Waals surface area contributed by atoms with Crippen LogP contribution in [0.1, 0.15) is 27.3 Å². The van der Waals surface area contributed by atoms with E-state index in [1.54, 1.807) is 11.6 Å². The summed E-state index contributed by atoms with van der Waals surface area (Å²) in [5.41, 5.74) is 2.91. The van der Waals surface area contributed by atoms with Crippen molar-refractivity contribution < 1.29 is 9.72 Å². The number of aryl methyl sites for hydroxylation is 2. The second kappa shape index (κ2) is 6.72. The molecule has 3 rings (SSSR count). The lowest BCUT2D eigenvalue weighted by molar-refractivity contribution is -0.384. The van der Waals surface area contributed by atoms with Crippen molar-refractivity contribution in [2.24, 2.45) is 0 Å². The minimum absolute atomic E-state index is 0.0749. The Morgan fingerprint density at radius 1 is 1.35 bits per heavy atom. The molecule has 0 saturated carbocycles. The third-order valence-corrected chi connectivity index (χ3v) is 4.37. The van der Waals surface area contributed by atoms with E-state index in [1.807, 2.05) is 19.9 Å². The number of fused-ring (bicyclic) bond motifs is 1. The molecule has 9 heteroatoms. The second-order valence-corrected chi connectivity index (χ2v) is 6.43. The monoisotopic (exact) mass is 373 g/mol. The zero-order valence-corrected chi connectivity index (χ0v) is 15.2. The van der Waals surface area contributed by atoms with Crippen LogP contribution >= 0.6 is 11.6 Å². The molecule has 0 fully saturated rings. The van der Waals surface area contributed by atoms with Gasteiger partial charge in [0.2, 0.25) is 0 Å². The van der Waals surface area contributed by atoms with Crippen molar-refractivity contribution in [3.63, 3.8) is 0 Å². The number of rotatable bonds is 4. The Hall–Kier alpha value is -3.00. The maximum atomic E-state index is 12.8. The number of amides is 1. The summed E-state index contributed by atoms with van der Waals surface area (Å²) in [5.74, 6) is -0.292. The van der Waals surface area contributed by atoms with E-state index in [0.717, 1.165) is 11.4 Å². The fourth-order valence-corrected chi connectivity index (χ4v) is 2.93. The molecule has 0 aliphatic carbocycles. The maximum absolute atomic E-state index is 12.8. The van der Waals surface area contributed by atoms with Crippen molar-refractivity contribution in [1.82, 2.24) is 19.5 Å². The van der Waals surface area contributed by atoms with Gasteiger partial charge in [0.25, 0.3) is 11.6 Å². The number of carbonyl (C=O) groups excluding carboxylic acids is 1. The summed E-state index contributed by atoms with van der Waals surface area (Å²) in [7, 11) is 1.60. The van der Waals surface area contributed by atoms with Crippen LogP contribution in [-0.4, -0.2) is 37.4 Å². The Labute approximate surface area is 154 Å². The van der Waals surface area contributed by atoms with Crippen molar-refractivity contribution in [3.8, 4) is 0 Å². The lowest BCUT2D eigenvalue weighted by Gasteiger charge is -2.17. The molecule has 2 heterocycles. The fraction of sp³-hybridized carbons (Fsp3) is 0.235. The molecule has 134 valence electrons. The molecule has 0 bridgehead atoms. The van der Waals surface area contributed by atoms with E-state index in [-0.39, 0.29) is 18.1 Å². The van der Waals surface area contributed by atoms with Crippen LogP contribution in [0.2, 0.25) is 5.02 Å². The van der Waals surface area contributed by atoms with Crippen LogP contribution in [-0.2, 0) is 6.54 Å². The third-order valence-electron chi connectivity index (χ3n) is 4.00. The topological polar surface area (TPSA) is 93.6 Å². The third kappa shape index (κ3) is 3.23. The smallest absolute Gasteiger partial charge is 0.269 e. The van der Waals surface area contributed by atoms with Gasteiger partial charge in [-0.25, -0.2) is 9.50 Å². The molecule has 0 aliphatic rings. The lowest BCUT2D eigenvalue weighted by atomic mass is 10.1. The number of halogens is 1. The number of hydrogen-bond donors (Lipinski definition) is 0. The van der Waals surface area contributed by atoms with Crippen LogP contribution in [0.15, 0.2) is 30.5 Å². The van der Waals surface area contributed by atoms with Gasteiger partial charge in [-0.05, 0) is 31.5 Å². The molecule has 0 saturated heterocycles. The second-order valence-electron chi connectivity index (χ2n) is 6.03. The Bertz CT molecular complexity index is 1030. The first-order chi connectivity index (χ1) is 12.3. The van der Waals surface area contributed by atoms with Crippen LogP contribution in [0, 0.1) is 24.0 Å². The number of nitro groups is 1. The van der Waals surface area contributed by atoms with Crippen LogP contribution in [0.25, 0.3) is 5.65 Å². The molecule has 0 atom stereocenters. The van der Waals surface area contributed by atoms with Gasteiger partial charge >= 0.3 is 0 Å². The summed E-state index contributed by atoms with van der Waals surface area (Å²) >= 11 is 6.12. The van der Waals surface area contributed by atoms with E-state index >= 15 is 0 Å². The molecular weight excluding hydrogens is 358 g/mol. The highest BCUT2D eigenvalue weighted by molar-refractivity contribution is 6.31. The molecular formula is C17H16ClN5O3. The quantitative estimate of drug-likeness (QED) is 0.517. The largest absolute Gasteiger partial charge is 0.337 e. The minimum Gasteiger partial charge on any atom is -0.337 e. The van der Waals surface area contributed by atoms with Crippen LogP contribution in [0.5, 0.6) is 0 Å². The van der Waals surface area contributed by atoms with Crippen molar-refractivity contribution >= 4 is 28.8 Å². The Morgan fingerprint density at radius 3 is 2.77 bits per heavy atom. The van der Waals surface area contributed by atoms with Crippen LogP contribution < -0.4 is 0 Å². The average Bonchev–Trinajstić information content (AvgIpc) is 2.99. The number of benzene rings is 1. The molecule has 8 nitrogen and oxygen atoms in total. The normalized spacial score (nSPS) is 10.9. The summed E-state index contributed by atoms with van der Waals surface area (Å²) in [6, 6.07) is 6.03. The molecule has 0 aliphatic heterocycles. The minimum atomic E-state index is -0.498. The summed E-state index contributed by atoms with van der Waals surface area (Å²) < 4.78 is 1.61. The van der Waals surface area contributed by atoms with Gasteiger partial charge in [-0.3, -0.25) is 14.9 Å². The standard InChI is InChI=1S/C17H16ClN5O3/c1-10-6-11(2)22-16(20-10)14(8-19-22)17(24)21(3)9-12-7-13(23(25)26)4-5-15(12)18/h4-8H,9H2,1-3H3. The number of non-ortho nitro benzene ring substituents is 1. The van der Waals surface area contributed by atoms with Gasteiger partial charge in [-0.1, -0.05) is 11.6 Å². The van der Waals surface area contributed by atoms with Crippen molar-refractivity contribution in [1.29, 1.82) is 0 Å². The predicted octanol–water partition coefficient (Wildman–Crippen LogP) is 3.18. The van der Waals surface area contributed by atoms with Crippen molar-refractivity contribution in [3.05, 3.63) is 68.1 Å². The van der Waals surface area contributed by atoms with Crippen LogP contribution in [0.4, 0.5) is 5.69 Å². The highest BCUT2D eigenvalue weighted by Crippen LogP contribution is 2.24. The van der Waals surface area contributed by atoms with Gasteiger partial charge in [0, 0.05) is 42.1 Å². The van der Waals surface area contributed by atoms with Gasteiger partial charge < -0.3 is 4.90 Å². The first kappa shape index (κ1) is 17.8. The van der Waals surface area contributed by atoms with Gasteiger partial charge in [0.1, 0.15) is 5.56 Å². The SMILES string of the molecule is Cc1cc(C)n2ncc(C(=O)N(C)Cc3cc([N+](=O)[O-])ccc3Cl)c2n1.